The largest absolute Gasteiger partial charge is 0.496 e. The standard InChI is InChI=1S/C14H18N2O2.ClH/c1-3-9-6-10-11-8-15-4-5-16(11)14(17)13(10)12(7-9)18-2;/h6-7,11,15H,3-5,8H2,1-2H3;1H/t11-;/m1./s1. The van der Waals surface area contributed by atoms with E-state index in [1.165, 1.54) is 5.56 Å². The van der Waals surface area contributed by atoms with Gasteiger partial charge in [-0.05, 0) is 23.6 Å². The molecule has 19 heavy (non-hydrogen) atoms. The molecule has 2 aliphatic heterocycles. The van der Waals surface area contributed by atoms with Gasteiger partial charge in [-0.25, -0.2) is 0 Å². The lowest BCUT2D eigenvalue weighted by Crippen LogP contribution is -2.44. The molecule has 0 bridgehead atoms. The van der Waals surface area contributed by atoms with Gasteiger partial charge in [0.2, 0.25) is 0 Å². The molecule has 1 atom stereocenters. The zero-order valence-electron chi connectivity index (χ0n) is 11.2. The van der Waals surface area contributed by atoms with Crippen molar-refractivity contribution in [2.75, 3.05) is 26.7 Å². The van der Waals surface area contributed by atoms with Gasteiger partial charge in [-0.2, -0.15) is 0 Å². The van der Waals surface area contributed by atoms with Crippen LogP contribution >= 0.6 is 12.4 Å². The fraction of sp³-hybridized carbons (Fsp3) is 0.500. The minimum absolute atomic E-state index is 0. The second-order valence-electron chi connectivity index (χ2n) is 4.83. The second kappa shape index (κ2) is 5.39. The molecule has 2 aliphatic rings. The predicted octanol–water partition coefficient (Wildman–Crippen LogP) is 1.78. The number of carbonyl (C=O) groups is 1. The molecule has 4 nitrogen and oxygen atoms in total. The van der Waals surface area contributed by atoms with Gasteiger partial charge in [-0.1, -0.05) is 13.0 Å². The van der Waals surface area contributed by atoms with E-state index >= 15 is 0 Å². The first-order chi connectivity index (χ1) is 8.76. The average molecular weight is 283 g/mol. The molecule has 1 aromatic carbocycles. The van der Waals surface area contributed by atoms with Gasteiger partial charge in [0, 0.05) is 19.6 Å². The maximum absolute atomic E-state index is 12.4. The van der Waals surface area contributed by atoms with Crippen LogP contribution in [0.15, 0.2) is 12.1 Å². The third-order valence-corrected chi connectivity index (χ3v) is 3.90. The van der Waals surface area contributed by atoms with Crippen LogP contribution in [0.1, 0.15) is 34.5 Å². The van der Waals surface area contributed by atoms with Crippen LogP contribution in [0.5, 0.6) is 5.75 Å². The molecule has 1 fully saturated rings. The van der Waals surface area contributed by atoms with E-state index < -0.39 is 0 Å². The SMILES string of the molecule is CCc1cc(OC)c2c(c1)[C@H]1CNCCN1C2=O.Cl. The Labute approximate surface area is 119 Å². The highest BCUT2D eigenvalue weighted by molar-refractivity contribution is 6.02. The zero-order valence-corrected chi connectivity index (χ0v) is 12.0. The van der Waals surface area contributed by atoms with Gasteiger partial charge in [0.05, 0.1) is 18.7 Å². The number of aryl methyl sites for hydroxylation is 1. The minimum atomic E-state index is 0. The van der Waals surface area contributed by atoms with Gasteiger partial charge in [-0.3, -0.25) is 4.79 Å². The van der Waals surface area contributed by atoms with Gasteiger partial charge >= 0.3 is 0 Å². The van der Waals surface area contributed by atoms with Crippen molar-refractivity contribution in [2.24, 2.45) is 0 Å². The summed E-state index contributed by atoms with van der Waals surface area (Å²) in [5.74, 6) is 0.847. The van der Waals surface area contributed by atoms with Crippen LogP contribution in [0.25, 0.3) is 0 Å². The van der Waals surface area contributed by atoms with Crippen molar-refractivity contribution < 1.29 is 9.53 Å². The van der Waals surface area contributed by atoms with E-state index in [2.05, 4.69) is 18.3 Å². The van der Waals surface area contributed by atoms with Crippen LogP contribution in [0.4, 0.5) is 0 Å². The number of ether oxygens (including phenoxy) is 1. The van der Waals surface area contributed by atoms with Crippen molar-refractivity contribution in [1.82, 2.24) is 10.2 Å². The molecular weight excluding hydrogens is 264 g/mol. The lowest BCUT2D eigenvalue weighted by molar-refractivity contribution is 0.0689. The Morgan fingerprint density at radius 3 is 2.95 bits per heavy atom. The normalized spacial score (nSPS) is 20.6. The number of hydrogen-bond donors (Lipinski definition) is 1. The molecule has 1 saturated heterocycles. The first-order valence-corrected chi connectivity index (χ1v) is 6.48. The number of hydrogen-bond acceptors (Lipinski definition) is 3. The van der Waals surface area contributed by atoms with Gasteiger partial charge < -0.3 is 15.0 Å². The quantitative estimate of drug-likeness (QED) is 0.899. The molecule has 3 rings (SSSR count). The van der Waals surface area contributed by atoms with E-state index in [4.69, 9.17) is 4.74 Å². The number of halogens is 1. The monoisotopic (exact) mass is 282 g/mol. The Kier molecular flexibility index (Phi) is 4.02. The summed E-state index contributed by atoms with van der Waals surface area (Å²) in [6, 6.07) is 4.33. The number of fused-ring (bicyclic) bond motifs is 3. The van der Waals surface area contributed by atoms with Gasteiger partial charge in [-0.15, -0.1) is 12.4 Å². The molecule has 0 saturated carbocycles. The molecule has 2 heterocycles. The highest BCUT2D eigenvalue weighted by atomic mass is 35.5. The maximum atomic E-state index is 12.4. The molecular formula is C14H19ClN2O2. The molecule has 1 amide bonds. The Morgan fingerprint density at radius 1 is 1.47 bits per heavy atom. The lowest BCUT2D eigenvalue weighted by Gasteiger charge is -2.30. The molecule has 104 valence electrons. The maximum Gasteiger partial charge on any atom is 0.258 e. The first-order valence-electron chi connectivity index (χ1n) is 6.48. The van der Waals surface area contributed by atoms with E-state index in [-0.39, 0.29) is 24.4 Å². The van der Waals surface area contributed by atoms with Crippen LogP contribution in [-0.2, 0) is 6.42 Å². The van der Waals surface area contributed by atoms with Crippen molar-refractivity contribution in [3.05, 3.63) is 28.8 Å². The number of carbonyl (C=O) groups excluding carboxylic acids is 1. The van der Waals surface area contributed by atoms with E-state index in [9.17, 15) is 4.79 Å². The summed E-state index contributed by atoms with van der Waals surface area (Å²) in [7, 11) is 1.64. The summed E-state index contributed by atoms with van der Waals surface area (Å²) in [6.45, 7) is 4.62. The molecule has 1 N–H and O–H groups in total. The summed E-state index contributed by atoms with van der Waals surface area (Å²) in [6.07, 6.45) is 0.956. The molecule has 0 spiro atoms. The van der Waals surface area contributed by atoms with E-state index in [0.717, 1.165) is 42.9 Å². The number of benzene rings is 1. The smallest absolute Gasteiger partial charge is 0.258 e. The summed E-state index contributed by atoms with van der Waals surface area (Å²) >= 11 is 0. The van der Waals surface area contributed by atoms with Crippen molar-refractivity contribution in [3.8, 4) is 5.75 Å². The fourth-order valence-electron chi connectivity index (χ4n) is 2.92. The first kappa shape index (κ1) is 14.2. The van der Waals surface area contributed by atoms with Crippen LogP contribution in [0.3, 0.4) is 0 Å². The van der Waals surface area contributed by atoms with Crippen LogP contribution < -0.4 is 10.1 Å². The number of methoxy groups -OCH3 is 1. The van der Waals surface area contributed by atoms with Crippen LogP contribution in [-0.4, -0.2) is 37.6 Å². The van der Waals surface area contributed by atoms with E-state index in [1.54, 1.807) is 7.11 Å². The summed E-state index contributed by atoms with van der Waals surface area (Å²) in [4.78, 5) is 14.4. The predicted molar refractivity (Wildman–Crippen MR) is 76.3 cm³/mol. The number of nitrogens with zero attached hydrogens (tertiary/aromatic N) is 1. The highest BCUT2D eigenvalue weighted by Crippen LogP contribution is 2.40. The average Bonchev–Trinajstić information content (AvgIpc) is 2.72. The van der Waals surface area contributed by atoms with Crippen molar-refractivity contribution in [1.29, 1.82) is 0 Å². The Balaban J connectivity index is 0.00000133. The number of amides is 1. The third-order valence-electron chi connectivity index (χ3n) is 3.90. The van der Waals surface area contributed by atoms with Gasteiger partial charge in [0.15, 0.2) is 0 Å². The van der Waals surface area contributed by atoms with Crippen LogP contribution in [0, 0.1) is 0 Å². The fourth-order valence-corrected chi connectivity index (χ4v) is 2.92. The van der Waals surface area contributed by atoms with E-state index in [0.29, 0.717) is 0 Å². The number of nitrogens with one attached hydrogen (secondary N) is 1. The topological polar surface area (TPSA) is 41.6 Å². The second-order valence-corrected chi connectivity index (χ2v) is 4.83. The van der Waals surface area contributed by atoms with Crippen LogP contribution in [0.2, 0.25) is 0 Å². The molecule has 0 radical (unpaired) electrons. The molecule has 5 heteroatoms. The molecule has 0 aromatic heterocycles. The lowest BCUT2D eigenvalue weighted by atomic mass is 9.98. The van der Waals surface area contributed by atoms with Crippen molar-refractivity contribution in [3.63, 3.8) is 0 Å². The Hall–Kier alpha value is -1.26. The van der Waals surface area contributed by atoms with Gasteiger partial charge in [0.1, 0.15) is 5.75 Å². The zero-order chi connectivity index (χ0) is 12.7. The Bertz CT molecular complexity index is 504. The van der Waals surface area contributed by atoms with Gasteiger partial charge in [0.25, 0.3) is 5.91 Å². The van der Waals surface area contributed by atoms with E-state index in [1.807, 2.05) is 11.0 Å². The third kappa shape index (κ3) is 2.09. The van der Waals surface area contributed by atoms with Crippen molar-refractivity contribution in [2.45, 2.75) is 19.4 Å². The summed E-state index contributed by atoms with van der Waals surface area (Å²) < 4.78 is 5.41. The number of piperazine rings is 1. The van der Waals surface area contributed by atoms with Crippen molar-refractivity contribution >= 4 is 18.3 Å². The minimum Gasteiger partial charge on any atom is -0.496 e. The Morgan fingerprint density at radius 2 is 2.26 bits per heavy atom. The number of rotatable bonds is 2. The summed E-state index contributed by atoms with van der Waals surface area (Å²) in [5, 5.41) is 3.36. The molecule has 0 unspecified atom stereocenters. The highest BCUT2D eigenvalue weighted by Gasteiger charge is 2.40. The molecule has 1 aromatic rings. The summed E-state index contributed by atoms with van der Waals surface area (Å²) in [5.41, 5.74) is 3.12. The molecule has 0 aliphatic carbocycles.